The standard InChI is InChI=1S/C36H69O6/c1-4-7-10-13-16-19-22-25-28-32(38)36(33(39)31-37)42(34(40)29-26-23-20-17-14-11-8-5-2)35(41)30-27-24-21-18-15-12-9-6-3/h33,36-37,39H,4-31H2,1-3H3/q+1. The number of carbonyl (C=O) groups excluding carboxylic acids is 3. The van der Waals surface area contributed by atoms with Crippen LogP contribution in [-0.2, 0) is 18.8 Å². The van der Waals surface area contributed by atoms with Crippen molar-refractivity contribution in [2.24, 2.45) is 0 Å². The molecule has 6 heteroatoms. The van der Waals surface area contributed by atoms with Crippen LogP contribution in [0.5, 0.6) is 0 Å². The minimum atomic E-state index is -1.48. The van der Waals surface area contributed by atoms with E-state index in [1.807, 2.05) is 0 Å². The Kier molecular flexibility index (Phi) is 28.9. The van der Waals surface area contributed by atoms with E-state index in [1.165, 1.54) is 77.0 Å². The van der Waals surface area contributed by atoms with E-state index in [9.17, 15) is 24.6 Å². The summed E-state index contributed by atoms with van der Waals surface area (Å²) in [4.78, 5) is 40.1. The predicted octanol–water partition coefficient (Wildman–Crippen LogP) is 9.48. The number of carbonyl (C=O) groups is 3. The second-order valence-electron chi connectivity index (χ2n) is 12.4. The average molecular weight is 598 g/mol. The van der Waals surface area contributed by atoms with Gasteiger partial charge in [0.05, 0.1) is 19.4 Å². The molecule has 0 aliphatic rings. The van der Waals surface area contributed by atoms with Crippen molar-refractivity contribution in [2.45, 2.75) is 206 Å². The van der Waals surface area contributed by atoms with Crippen LogP contribution in [0.4, 0.5) is 0 Å². The van der Waals surface area contributed by atoms with Crippen molar-refractivity contribution >= 4 is 17.7 Å². The quantitative estimate of drug-likeness (QED) is 0.0359. The Morgan fingerprint density at radius 2 is 0.762 bits per heavy atom. The maximum Gasteiger partial charge on any atom is 0.446 e. The highest BCUT2D eigenvalue weighted by atomic mass is 16.8. The van der Waals surface area contributed by atoms with Gasteiger partial charge in [0.15, 0.2) is 5.78 Å². The topological polar surface area (TPSA) is 94.4 Å². The number of unbranched alkanes of at least 4 members (excludes halogenated alkanes) is 21. The Morgan fingerprint density at radius 1 is 0.476 bits per heavy atom. The SMILES string of the molecule is CCCCCCCCCCC(=O)C(C(O)CO)[O+](C(=O)CCCCCCCCCC)C(=O)CCCCCCCCCC. The van der Waals surface area contributed by atoms with E-state index >= 15 is 0 Å². The normalized spacial score (nSPS) is 12.8. The van der Waals surface area contributed by atoms with E-state index in [0.29, 0.717) is 19.3 Å². The van der Waals surface area contributed by atoms with Crippen LogP contribution in [0, 0.1) is 0 Å². The highest BCUT2D eigenvalue weighted by molar-refractivity contribution is 5.95. The molecule has 0 aromatic heterocycles. The number of aliphatic hydroxyl groups is 2. The third-order valence-electron chi connectivity index (χ3n) is 8.34. The largest absolute Gasteiger partial charge is 0.481 e. The van der Waals surface area contributed by atoms with Crippen molar-refractivity contribution in [1.29, 1.82) is 0 Å². The first-order valence-electron chi connectivity index (χ1n) is 18.0. The zero-order valence-corrected chi connectivity index (χ0v) is 28.0. The summed E-state index contributed by atoms with van der Waals surface area (Å²) < 4.78 is 2.14. The predicted molar refractivity (Wildman–Crippen MR) is 175 cm³/mol. The Morgan fingerprint density at radius 3 is 1.07 bits per heavy atom. The minimum Gasteiger partial charge on any atom is -0.481 e. The first kappa shape index (κ1) is 40.7. The molecule has 0 aromatic rings. The maximum atomic E-state index is 13.4. The fourth-order valence-corrected chi connectivity index (χ4v) is 5.61. The molecular formula is C36H69O6+. The van der Waals surface area contributed by atoms with Crippen molar-refractivity contribution < 1.29 is 29.0 Å². The second kappa shape index (κ2) is 29.8. The molecule has 0 heterocycles. The molecule has 0 spiro atoms. The highest BCUT2D eigenvalue weighted by Crippen LogP contribution is 2.23. The monoisotopic (exact) mass is 598 g/mol. The van der Waals surface area contributed by atoms with Crippen LogP contribution in [0.3, 0.4) is 0 Å². The summed E-state index contributed by atoms with van der Waals surface area (Å²) in [6.45, 7) is 5.93. The molecule has 42 heavy (non-hydrogen) atoms. The van der Waals surface area contributed by atoms with Crippen molar-refractivity contribution in [3.63, 3.8) is 0 Å². The molecule has 0 bridgehead atoms. The van der Waals surface area contributed by atoms with Crippen molar-refractivity contribution in [3.05, 3.63) is 0 Å². The molecule has 2 unspecified atom stereocenters. The fourth-order valence-electron chi connectivity index (χ4n) is 5.61. The lowest BCUT2D eigenvalue weighted by Gasteiger charge is -2.31. The number of Topliss-reactive ketones (excluding diaryl/α,β-unsaturated/α-hetero) is 1. The molecule has 0 fully saturated rings. The van der Waals surface area contributed by atoms with E-state index in [1.54, 1.807) is 0 Å². The van der Waals surface area contributed by atoms with Crippen molar-refractivity contribution in [1.82, 2.24) is 0 Å². The lowest BCUT2D eigenvalue weighted by Crippen LogP contribution is -2.50. The molecular weight excluding hydrogens is 528 g/mol. The molecule has 0 radical (unpaired) electrons. The molecule has 0 aliphatic heterocycles. The van der Waals surface area contributed by atoms with Crippen LogP contribution in [0.25, 0.3) is 0 Å². The number of rotatable bonds is 31. The molecule has 0 rings (SSSR count). The maximum absolute atomic E-state index is 13.4. The van der Waals surface area contributed by atoms with Gasteiger partial charge < -0.3 is 14.6 Å². The molecule has 2 N–H and O–H groups in total. The molecule has 0 aromatic carbocycles. The van der Waals surface area contributed by atoms with E-state index in [2.05, 4.69) is 25.1 Å². The van der Waals surface area contributed by atoms with Gasteiger partial charge in [0, 0.05) is 6.42 Å². The molecule has 0 aliphatic carbocycles. The van der Waals surface area contributed by atoms with Gasteiger partial charge in [-0.2, -0.15) is 0 Å². The summed E-state index contributed by atoms with van der Waals surface area (Å²) in [5, 5.41) is 20.5. The van der Waals surface area contributed by atoms with Crippen LogP contribution in [0.15, 0.2) is 0 Å². The van der Waals surface area contributed by atoms with E-state index in [0.717, 1.165) is 57.8 Å². The van der Waals surface area contributed by atoms with Gasteiger partial charge >= 0.3 is 11.9 Å². The first-order valence-corrected chi connectivity index (χ1v) is 18.0. The van der Waals surface area contributed by atoms with Gasteiger partial charge in [-0.15, -0.1) is 0 Å². The Balaban J connectivity index is 5.10. The van der Waals surface area contributed by atoms with Crippen LogP contribution >= 0.6 is 0 Å². The summed E-state index contributed by atoms with van der Waals surface area (Å²) >= 11 is 0. The van der Waals surface area contributed by atoms with Crippen molar-refractivity contribution in [3.8, 4) is 0 Å². The third kappa shape index (κ3) is 21.4. The molecule has 6 nitrogen and oxygen atoms in total. The lowest BCUT2D eigenvalue weighted by molar-refractivity contribution is -0.223. The first-order chi connectivity index (χ1) is 20.4. The molecule has 248 valence electrons. The smallest absolute Gasteiger partial charge is 0.446 e. The van der Waals surface area contributed by atoms with Gasteiger partial charge in [-0.1, -0.05) is 165 Å². The van der Waals surface area contributed by atoms with Crippen LogP contribution in [0.1, 0.15) is 194 Å². The molecule has 0 saturated carbocycles. The van der Waals surface area contributed by atoms with Crippen LogP contribution in [-0.4, -0.2) is 46.7 Å². The van der Waals surface area contributed by atoms with E-state index in [4.69, 9.17) is 0 Å². The number of hydrogen-bond acceptors (Lipinski definition) is 5. The summed E-state index contributed by atoms with van der Waals surface area (Å²) in [6, 6.07) is 0. The Labute approximate surface area is 259 Å². The van der Waals surface area contributed by atoms with Gasteiger partial charge in [-0.25, -0.2) is 0 Å². The third-order valence-corrected chi connectivity index (χ3v) is 8.34. The van der Waals surface area contributed by atoms with Crippen LogP contribution in [0.2, 0.25) is 0 Å². The zero-order valence-electron chi connectivity index (χ0n) is 28.0. The minimum absolute atomic E-state index is 0.155. The van der Waals surface area contributed by atoms with E-state index in [-0.39, 0.29) is 25.0 Å². The van der Waals surface area contributed by atoms with Crippen LogP contribution < -0.4 is 0 Å². The lowest BCUT2D eigenvalue weighted by atomic mass is 10.0. The number of ketones is 1. The average Bonchev–Trinajstić information content (AvgIpc) is 2.99. The summed E-state index contributed by atoms with van der Waals surface area (Å²) in [7, 11) is 0. The summed E-state index contributed by atoms with van der Waals surface area (Å²) in [5.74, 6) is -1.28. The Hall–Kier alpha value is -1.27. The second-order valence-corrected chi connectivity index (χ2v) is 12.4. The zero-order chi connectivity index (χ0) is 31.3. The number of hydrogen-bond donors (Lipinski definition) is 2. The fraction of sp³-hybridized carbons (Fsp3) is 0.917. The summed E-state index contributed by atoms with van der Waals surface area (Å²) in [5.41, 5.74) is 0. The molecule has 0 amide bonds. The molecule has 2 atom stereocenters. The van der Waals surface area contributed by atoms with Gasteiger partial charge in [0.25, 0.3) is 0 Å². The van der Waals surface area contributed by atoms with E-state index < -0.39 is 30.8 Å². The number of aliphatic hydroxyl groups excluding tert-OH is 2. The summed E-state index contributed by atoms with van der Waals surface area (Å²) in [6.07, 6.45) is 23.7. The van der Waals surface area contributed by atoms with Gasteiger partial charge in [0.2, 0.25) is 6.10 Å². The van der Waals surface area contributed by atoms with Crippen molar-refractivity contribution in [2.75, 3.05) is 6.61 Å². The van der Waals surface area contributed by atoms with Gasteiger partial charge in [0.1, 0.15) is 6.10 Å². The molecule has 0 saturated heterocycles. The van der Waals surface area contributed by atoms with Gasteiger partial charge in [-0.3, -0.25) is 4.79 Å². The highest BCUT2D eigenvalue weighted by Gasteiger charge is 2.42. The Bertz CT molecular complexity index is 617. The van der Waals surface area contributed by atoms with Gasteiger partial charge in [-0.05, 0) is 19.3 Å².